The van der Waals surface area contributed by atoms with Gasteiger partial charge in [-0.1, -0.05) is 13.3 Å². The Morgan fingerprint density at radius 2 is 1.63 bits per heavy atom. The van der Waals surface area contributed by atoms with E-state index in [1.807, 2.05) is 11.8 Å². The minimum atomic E-state index is -3.63. The molecular weight excluding hydrogens is 430 g/mol. The van der Waals surface area contributed by atoms with E-state index in [1.165, 1.54) is 8.61 Å². The molecule has 0 amide bonds. The van der Waals surface area contributed by atoms with E-state index in [1.54, 1.807) is 25.3 Å². The number of nitrogens with zero attached hydrogens (tertiary/aromatic N) is 3. The second kappa shape index (κ2) is 9.82. The second-order valence-corrected chi connectivity index (χ2v) is 11.4. The molecule has 0 bridgehead atoms. The molecule has 0 saturated carbocycles. The molecule has 2 aliphatic heterocycles. The minimum absolute atomic E-state index is 0.167. The van der Waals surface area contributed by atoms with Gasteiger partial charge < -0.3 is 14.4 Å². The van der Waals surface area contributed by atoms with E-state index in [9.17, 15) is 16.8 Å². The molecule has 2 fully saturated rings. The van der Waals surface area contributed by atoms with Gasteiger partial charge in [0.2, 0.25) is 20.0 Å². The van der Waals surface area contributed by atoms with Crippen molar-refractivity contribution in [3.63, 3.8) is 0 Å². The van der Waals surface area contributed by atoms with Crippen LogP contribution in [-0.4, -0.2) is 90.8 Å². The molecule has 9 nitrogen and oxygen atoms in total. The average molecular weight is 462 g/mol. The molecule has 1 aromatic carbocycles. The fourth-order valence-electron chi connectivity index (χ4n) is 3.68. The fourth-order valence-corrected chi connectivity index (χ4v) is 6.74. The van der Waals surface area contributed by atoms with Gasteiger partial charge in [-0.25, -0.2) is 16.8 Å². The number of sulfonamides is 2. The molecule has 2 heterocycles. The van der Waals surface area contributed by atoms with Crippen molar-refractivity contribution in [2.24, 2.45) is 0 Å². The molecule has 11 heteroatoms. The Hall–Kier alpha value is -1.40. The lowest BCUT2D eigenvalue weighted by Gasteiger charge is -2.36. The lowest BCUT2D eigenvalue weighted by molar-refractivity contribution is 0.0730. The van der Waals surface area contributed by atoms with Gasteiger partial charge in [-0.3, -0.25) is 0 Å². The van der Waals surface area contributed by atoms with E-state index >= 15 is 0 Å². The third-order valence-corrected chi connectivity index (χ3v) is 9.34. The number of ether oxygens (including phenoxy) is 2. The van der Waals surface area contributed by atoms with Crippen LogP contribution in [0.15, 0.2) is 23.1 Å². The smallest absolute Gasteiger partial charge is 0.243 e. The van der Waals surface area contributed by atoms with Gasteiger partial charge in [0.05, 0.1) is 36.7 Å². The minimum Gasteiger partial charge on any atom is -0.495 e. The zero-order chi connectivity index (χ0) is 21.8. The molecule has 0 spiro atoms. The van der Waals surface area contributed by atoms with Gasteiger partial charge >= 0.3 is 0 Å². The Balaban J connectivity index is 1.78. The molecule has 0 atom stereocenters. The Bertz CT molecular complexity index is 922. The second-order valence-electron chi connectivity index (χ2n) is 7.41. The van der Waals surface area contributed by atoms with Gasteiger partial charge in [-0.2, -0.15) is 8.61 Å². The molecule has 2 saturated heterocycles. The average Bonchev–Trinajstić information content (AvgIpc) is 2.78. The summed E-state index contributed by atoms with van der Waals surface area (Å²) < 4.78 is 64.7. The SMILES string of the molecule is CCCCS(=O)(=O)N1CCN(c2cc(S(=O)(=O)N3CCOCC3)ccc2OC)CC1. The van der Waals surface area contributed by atoms with Gasteiger partial charge in [0.25, 0.3) is 0 Å². The maximum atomic E-state index is 13.0. The monoisotopic (exact) mass is 461 g/mol. The van der Waals surface area contributed by atoms with Crippen LogP contribution in [0.2, 0.25) is 0 Å². The predicted molar refractivity (Wildman–Crippen MR) is 115 cm³/mol. The maximum Gasteiger partial charge on any atom is 0.243 e. The zero-order valence-corrected chi connectivity index (χ0v) is 19.3. The first kappa shape index (κ1) is 23.3. The largest absolute Gasteiger partial charge is 0.495 e. The van der Waals surface area contributed by atoms with Crippen LogP contribution in [0, 0.1) is 0 Å². The highest BCUT2D eigenvalue weighted by Crippen LogP contribution is 2.33. The van der Waals surface area contributed by atoms with Gasteiger partial charge in [0.15, 0.2) is 0 Å². The fraction of sp³-hybridized carbons (Fsp3) is 0.684. The van der Waals surface area contributed by atoms with Crippen molar-refractivity contribution in [2.45, 2.75) is 24.7 Å². The molecule has 2 aliphatic rings. The summed E-state index contributed by atoms with van der Waals surface area (Å²) in [5, 5.41) is 0. The molecule has 170 valence electrons. The van der Waals surface area contributed by atoms with E-state index in [0.717, 1.165) is 6.42 Å². The van der Waals surface area contributed by atoms with E-state index < -0.39 is 20.0 Å². The summed E-state index contributed by atoms with van der Waals surface area (Å²) in [5.74, 6) is 0.735. The highest BCUT2D eigenvalue weighted by Gasteiger charge is 2.30. The summed E-state index contributed by atoms with van der Waals surface area (Å²) in [6.07, 6.45) is 1.48. The molecule has 3 rings (SSSR count). The zero-order valence-electron chi connectivity index (χ0n) is 17.6. The number of anilines is 1. The first-order valence-corrected chi connectivity index (χ1v) is 13.3. The maximum absolute atomic E-state index is 13.0. The number of unbranched alkanes of at least 4 members (excludes halogenated alkanes) is 1. The van der Waals surface area contributed by atoms with Crippen molar-refractivity contribution < 1.29 is 26.3 Å². The molecule has 0 radical (unpaired) electrons. The highest BCUT2D eigenvalue weighted by atomic mass is 32.2. The van der Waals surface area contributed by atoms with Gasteiger partial charge in [0, 0.05) is 39.3 Å². The lowest BCUT2D eigenvalue weighted by Crippen LogP contribution is -2.49. The summed E-state index contributed by atoms with van der Waals surface area (Å²) in [6.45, 7) is 5.10. The van der Waals surface area contributed by atoms with Gasteiger partial charge in [-0.05, 0) is 24.6 Å². The number of hydrogen-bond acceptors (Lipinski definition) is 7. The first-order chi connectivity index (χ1) is 14.3. The molecule has 0 N–H and O–H groups in total. The first-order valence-electron chi connectivity index (χ1n) is 10.3. The molecule has 0 unspecified atom stereocenters. The molecule has 0 aliphatic carbocycles. The van der Waals surface area contributed by atoms with E-state index in [0.29, 0.717) is 70.3 Å². The normalized spacial score (nSPS) is 19.7. The van der Waals surface area contributed by atoms with Gasteiger partial charge in [0.1, 0.15) is 5.75 Å². The predicted octanol–water partition coefficient (Wildman–Crippen LogP) is 0.968. The molecule has 30 heavy (non-hydrogen) atoms. The number of piperazine rings is 1. The Morgan fingerprint density at radius 3 is 2.23 bits per heavy atom. The van der Waals surface area contributed by atoms with Crippen molar-refractivity contribution in [2.75, 3.05) is 70.2 Å². The van der Waals surface area contributed by atoms with Crippen LogP contribution in [0.5, 0.6) is 5.75 Å². The highest BCUT2D eigenvalue weighted by molar-refractivity contribution is 7.89. The van der Waals surface area contributed by atoms with Crippen LogP contribution >= 0.6 is 0 Å². The third-order valence-electron chi connectivity index (χ3n) is 5.49. The Labute approximate surface area is 179 Å². The van der Waals surface area contributed by atoms with Crippen LogP contribution in [0.3, 0.4) is 0 Å². The number of morpholine rings is 1. The summed E-state index contributed by atoms with van der Waals surface area (Å²) in [6, 6.07) is 4.84. The molecular formula is C19H31N3O6S2. The number of benzene rings is 1. The number of methoxy groups -OCH3 is 1. The number of rotatable bonds is 8. The standard InChI is InChI=1S/C19H31N3O6S2/c1-3-4-15-29(23,24)21-9-7-20(8-10-21)18-16-17(5-6-19(18)27-2)30(25,26)22-11-13-28-14-12-22/h5-6,16H,3-4,7-15H2,1-2H3. The van der Waals surface area contributed by atoms with Crippen LogP contribution in [0.25, 0.3) is 0 Å². The topological polar surface area (TPSA) is 96.5 Å². The van der Waals surface area contributed by atoms with Crippen molar-refractivity contribution in [1.29, 1.82) is 0 Å². The van der Waals surface area contributed by atoms with Crippen molar-refractivity contribution in [1.82, 2.24) is 8.61 Å². The summed E-state index contributed by atoms with van der Waals surface area (Å²) in [5.41, 5.74) is 0.664. The Morgan fingerprint density at radius 1 is 0.967 bits per heavy atom. The summed E-state index contributed by atoms with van der Waals surface area (Å²) >= 11 is 0. The van der Waals surface area contributed by atoms with Crippen LogP contribution in [-0.2, 0) is 24.8 Å². The molecule has 1 aromatic rings. The van der Waals surface area contributed by atoms with Crippen LogP contribution < -0.4 is 9.64 Å². The summed E-state index contributed by atoms with van der Waals surface area (Å²) in [4.78, 5) is 2.20. The van der Waals surface area contributed by atoms with Crippen molar-refractivity contribution in [3.8, 4) is 5.75 Å². The van der Waals surface area contributed by atoms with E-state index in [2.05, 4.69) is 0 Å². The van der Waals surface area contributed by atoms with Crippen molar-refractivity contribution in [3.05, 3.63) is 18.2 Å². The van der Waals surface area contributed by atoms with Crippen LogP contribution in [0.4, 0.5) is 5.69 Å². The van der Waals surface area contributed by atoms with E-state index in [4.69, 9.17) is 9.47 Å². The lowest BCUT2D eigenvalue weighted by atomic mass is 10.2. The summed E-state index contributed by atoms with van der Waals surface area (Å²) in [7, 11) is -5.34. The Kier molecular flexibility index (Phi) is 7.61. The quantitative estimate of drug-likeness (QED) is 0.569. The van der Waals surface area contributed by atoms with Crippen LogP contribution in [0.1, 0.15) is 19.8 Å². The molecule has 0 aromatic heterocycles. The van der Waals surface area contributed by atoms with E-state index in [-0.39, 0.29) is 10.6 Å². The van der Waals surface area contributed by atoms with Crippen molar-refractivity contribution >= 4 is 25.7 Å². The third kappa shape index (κ3) is 5.08. The van der Waals surface area contributed by atoms with Gasteiger partial charge in [-0.15, -0.1) is 0 Å². The number of hydrogen-bond donors (Lipinski definition) is 0.